The van der Waals surface area contributed by atoms with E-state index in [1.54, 1.807) is 24.3 Å². The Balaban J connectivity index is 2.29. The van der Waals surface area contributed by atoms with E-state index in [-0.39, 0.29) is 5.75 Å². The Morgan fingerprint density at radius 2 is 1.85 bits per heavy atom. The van der Waals surface area contributed by atoms with Gasteiger partial charge in [0, 0.05) is 17.7 Å². The molecule has 0 spiro atoms. The fraction of sp³-hybridized carbons (Fsp3) is 0. The molecule has 2 N–H and O–H groups in total. The van der Waals surface area contributed by atoms with Crippen LogP contribution in [0.2, 0.25) is 0 Å². The molecule has 0 aromatic heterocycles. The highest BCUT2D eigenvalue weighted by atomic mass is 19.2. The van der Waals surface area contributed by atoms with Gasteiger partial charge in [0.05, 0.1) is 0 Å². The van der Waals surface area contributed by atoms with Gasteiger partial charge in [-0.3, -0.25) is 4.79 Å². The van der Waals surface area contributed by atoms with E-state index in [9.17, 15) is 13.6 Å². The standard InChI is InChI=1S/C15H11F2NO2/c16-12-7-6-11(9-13(12)17)20-14-4-2-1-3-10(14)5-8-15(18)19/h1-9H,(H2,18,19). The Labute approximate surface area is 114 Å². The number of halogens is 2. The van der Waals surface area contributed by atoms with Crippen LogP contribution in [0.3, 0.4) is 0 Å². The molecule has 0 saturated carbocycles. The number of carbonyl (C=O) groups excluding carboxylic acids is 1. The van der Waals surface area contributed by atoms with Gasteiger partial charge in [-0.2, -0.15) is 0 Å². The van der Waals surface area contributed by atoms with Gasteiger partial charge in [0.15, 0.2) is 11.6 Å². The Morgan fingerprint density at radius 1 is 1.10 bits per heavy atom. The summed E-state index contributed by atoms with van der Waals surface area (Å²) in [5, 5.41) is 0. The molecule has 2 rings (SSSR count). The number of para-hydroxylation sites is 1. The van der Waals surface area contributed by atoms with E-state index < -0.39 is 17.5 Å². The Hall–Kier alpha value is -2.69. The maximum Gasteiger partial charge on any atom is 0.241 e. The minimum Gasteiger partial charge on any atom is -0.457 e. The van der Waals surface area contributed by atoms with E-state index in [0.29, 0.717) is 11.3 Å². The molecule has 20 heavy (non-hydrogen) atoms. The Bertz CT molecular complexity index is 669. The van der Waals surface area contributed by atoms with E-state index in [2.05, 4.69) is 0 Å². The third-order valence-corrected chi connectivity index (χ3v) is 2.47. The average Bonchev–Trinajstić information content (AvgIpc) is 2.42. The molecule has 0 aliphatic rings. The summed E-state index contributed by atoms with van der Waals surface area (Å²) in [7, 11) is 0. The highest BCUT2D eigenvalue weighted by Gasteiger charge is 2.06. The predicted octanol–water partition coefficient (Wildman–Crippen LogP) is 3.26. The van der Waals surface area contributed by atoms with Crippen molar-refractivity contribution in [1.29, 1.82) is 0 Å². The van der Waals surface area contributed by atoms with E-state index in [4.69, 9.17) is 10.5 Å². The molecule has 0 saturated heterocycles. The van der Waals surface area contributed by atoms with Gasteiger partial charge in [0.25, 0.3) is 0 Å². The quantitative estimate of drug-likeness (QED) is 0.871. The zero-order valence-electron chi connectivity index (χ0n) is 10.3. The van der Waals surface area contributed by atoms with E-state index in [0.717, 1.165) is 12.1 Å². The minimum absolute atomic E-state index is 0.156. The lowest BCUT2D eigenvalue weighted by atomic mass is 10.2. The number of nitrogens with two attached hydrogens (primary N) is 1. The molecule has 0 atom stereocenters. The third-order valence-electron chi connectivity index (χ3n) is 2.47. The molecule has 2 aromatic carbocycles. The number of ether oxygens (including phenoxy) is 1. The lowest BCUT2D eigenvalue weighted by molar-refractivity contribution is -0.113. The first kappa shape index (κ1) is 13.7. The Kier molecular flexibility index (Phi) is 4.10. The zero-order chi connectivity index (χ0) is 14.5. The average molecular weight is 275 g/mol. The lowest BCUT2D eigenvalue weighted by Gasteiger charge is -2.08. The molecule has 0 heterocycles. The fourth-order valence-electron chi connectivity index (χ4n) is 1.55. The van der Waals surface area contributed by atoms with Gasteiger partial charge in [-0.15, -0.1) is 0 Å². The number of rotatable bonds is 4. The molecule has 0 bridgehead atoms. The number of primary amides is 1. The summed E-state index contributed by atoms with van der Waals surface area (Å²) in [6, 6.07) is 10.1. The molecule has 102 valence electrons. The van der Waals surface area contributed by atoms with Crippen molar-refractivity contribution < 1.29 is 18.3 Å². The predicted molar refractivity (Wildman–Crippen MR) is 71.1 cm³/mol. The second-order valence-electron chi connectivity index (χ2n) is 3.95. The van der Waals surface area contributed by atoms with Crippen molar-refractivity contribution >= 4 is 12.0 Å². The van der Waals surface area contributed by atoms with E-state index in [1.165, 1.54) is 18.2 Å². The highest BCUT2D eigenvalue weighted by molar-refractivity contribution is 5.90. The maximum absolute atomic E-state index is 13.1. The smallest absolute Gasteiger partial charge is 0.241 e. The topological polar surface area (TPSA) is 52.3 Å². The molecule has 3 nitrogen and oxygen atoms in total. The minimum atomic E-state index is -0.993. The van der Waals surface area contributed by atoms with Crippen LogP contribution in [0, 0.1) is 11.6 Å². The first-order valence-corrected chi connectivity index (χ1v) is 5.76. The molecule has 2 aromatic rings. The fourth-order valence-corrected chi connectivity index (χ4v) is 1.55. The number of amides is 1. The molecule has 0 radical (unpaired) electrons. The molecule has 0 aliphatic heterocycles. The molecular formula is C15H11F2NO2. The van der Waals surface area contributed by atoms with Gasteiger partial charge in [0.2, 0.25) is 5.91 Å². The molecular weight excluding hydrogens is 264 g/mol. The molecule has 5 heteroatoms. The monoisotopic (exact) mass is 275 g/mol. The van der Waals surface area contributed by atoms with Crippen molar-refractivity contribution in [3.8, 4) is 11.5 Å². The van der Waals surface area contributed by atoms with Crippen LogP contribution >= 0.6 is 0 Å². The maximum atomic E-state index is 13.1. The van der Waals surface area contributed by atoms with Gasteiger partial charge in [0.1, 0.15) is 11.5 Å². The third kappa shape index (κ3) is 3.41. The largest absolute Gasteiger partial charge is 0.457 e. The van der Waals surface area contributed by atoms with Gasteiger partial charge in [-0.1, -0.05) is 18.2 Å². The van der Waals surface area contributed by atoms with Crippen molar-refractivity contribution in [2.24, 2.45) is 5.73 Å². The van der Waals surface area contributed by atoms with Crippen LogP contribution in [0.1, 0.15) is 5.56 Å². The normalized spacial score (nSPS) is 10.7. The molecule has 0 unspecified atom stereocenters. The van der Waals surface area contributed by atoms with Crippen LogP contribution in [0.15, 0.2) is 48.5 Å². The van der Waals surface area contributed by atoms with Gasteiger partial charge < -0.3 is 10.5 Å². The summed E-state index contributed by atoms with van der Waals surface area (Å²) >= 11 is 0. The van der Waals surface area contributed by atoms with Gasteiger partial charge in [-0.25, -0.2) is 8.78 Å². The number of carbonyl (C=O) groups is 1. The SMILES string of the molecule is NC(=O)C=Cc1ccccc1Oc1ccc(F)c(F)c1. The first-order valence-electron chi connectivity index (χ1n) is 5.76. The Morgan fingerprint density at radius 3 is 2.55 bits per heavy atom. The van der Waals surface area contributed by atoms with Crippen molar-refractivity contribution in [2.45, 2.75) is 0 Å². The van der Waals surface area contributed by atoms with Crippen LogP contribution in [-0.4, -0.2) is 5.91 Å². The van der Waals surface area contributed by atoms with Crippen molar-refractivity contribution in [3.05, 3.63) is 65.7 Å². The van der Waals surface area contributed by atoms with Gasteiger partial charge >= 0.3 is 0 Å². The van der Waals surface area contributed by atoms with Crippen LogP contribution < -0.4 is 10.5 Å². The van der Waals surface area contributed by atoms with E-state index >= 15 is 0 Å². The zero-order valence-corrected chi connectivity index (χ0v) is 10.3. The highest BCUT2D eigenvalue weighted by Crippen LogP contribution is 2.27. The summed E-state index contributed by atoms with van der Waals surface area (Å²) in [5.41, 5.74) is 5.62. The lowest BCUT2D eigenvalue weighted by Crippen LogP contribution is -2.05. The molecule has 0 fully saturated rings. The second kappa shape index (κ2) is 5.97. The van der Waals surface area contributed by atoms with Crippen LogP contribution in [0.25, 0.3) is 6.08 Å². The van der Waals surface area contributed by atoms with Crippen LogP contribution in [0.5, 0.6) is 11.5 Å². The number of hydrogen-bond acceptors (Lipinski definition) is 2. The number of benzene rings is 2. The van der Waals surface area contributed by atoms with Crippen LogP contribution in [0.4, 0.5) is 8.78 Å². The summed E-state index contributed by atoms with van der Waals surface area (Å²) in [6.45, 7) is 0. The summed E-state index contributed by atoms with van der Waals surface area (Å²) in [6.07, 6.45) is 2.67. The van der Waals surface area contributed by atoms with Crippen LogP contribution in [-0.2, 0) is 4.79 Å². The number of hydrogen-bond donors (Lipinski definition) is 1. The summed E-state index contributed by atoms with van der Waals surface area (Å²) in [5.74, 6) is -1.97. The van der Waals surface area contributed by atoms with Gasteiger partial charge in [-0.05, 0) is 24.3 Å². The molecule has 0 aliphatic carbocycles. The van der Waals surface area contributed by atoms with Crippen molar-refractivity contribution in [1.82, 2.24) is 0 Å². The second-order valence-corrected chi connectivity index (χ2v) is 3.95. The van der Waals surface area contributed by atoms with Crippen molar-refractivity contribution in [3.63, 3.8) is 0 Å². The van der Waals surface area contributed by atoms with Crippen molar-refractivity contribution in [2.75, 3.05) is 0 Å². The molecule has 1 amide bonds. The van der Waals surface area contributed by atoms with E-state index in [1.807, 2.05) is 0 Å². The summed E-state index contributed by atoms with van der Waals surface area (Å²) in [4.78, 5) is 10.7. The summed E-state index contributed by atoms with van der Waals surface area (Å²) < 4.78 is 31.4. The first-order chi connectivity index (χ1) is 9.56.